The van der Waals surface area contributed by atoms with E-state index in [1.54, 1.807) is 24.3 Å². The van der Waals surface area contributed by atoms with Crippen LogP contribution in [0.2, 0.25) is 0 Å². The highest BCUT2D eigenvalue weighted by Crippen LogP contribution is 2.23. The Morgan fingerprint density at radius 2 is 1.67 bits per heavy atom. The molecule has 0 bridgehead atoms. The zero-order valence-electron chi connectivity index (χ0n) is 16.2. The summed E-state index contributed by atoms with van der Waals surface area (Å²) in [4.78, 5) is 1.77. The molecule has 0 aliphatic carbocycles. The Morgan fingerprint density at radius 1 is 1.10 bits per heavy atom. The number of hydrogen-bond donors (Lipinski definition) is 2. The van der Waals surface area contributed by atoms with Gasteiger partial charge in [0.15, 0.2) is 9.84 Å². The summed E-state index contributed by atoms with van der Waals surface area (Å²) in [5.74, 6) is 0. The van der Waals surface area contributed by atoms with E-state index in [-0.39, 0.29) is 23.6 Å². The van der Waals surface area contributed by atoms with Crippen molar-refractivity contribution in [2.45, 2.75) is 17.8 Å². The van der Waals surface area contributed by atoms with Gasteiger partial charge in [-0.25, -0.2) is 13.4 Å². The van der Waals surface area contributed by atoms with Gasteiger partial charge in [-0.3, -0.25) is 0 Å². The molecule has 30 heavy (non-hydrogen) atoms. The van der Waals surface area contributed by atoms with E-state index in [9.17, 15) is 22.3 Å². The molecule has 3 rings (SSSR count). The summed E-state index contributed by atoms with van der Waals surface area (Å²) in [6.07, 6.45) is -0.477. The predicted octanol–water partition coefficient (Wildman–Crippen LogP) is 2.20. The molecule has 10 heteroatoms. The number of sulfone groups is 1. The van der Waals surface area contributed by atoms with E-state index in [0.717, 1.165) is 28.0 Å². The molecule has 1 aliphatic rings. The number of aliphatic hydroxyl groups is 1. The zero-order valence-corrected chi connectivity index (χ0v) is 17.1. The molecule has 0 saturated carbocycles. The first-order valence-corrected chi connectivity index (χ1v) is 11.0. The molecule has 0 aromatic heterocycles. The maximum Gasteiger partial charge on any atom is 0.272 e. The van der Waals surface area contributed by atoms with Gasteiger partial charge in [-0.05, 0) is 28.8 Å². The van der Waals surface area contributed by atoms with E-state index >= 15 is 0 Å². The Balaban J connectivity index is 1.65. The molecule has 0 radical (unpaired) electrons. The quantitative estimate of drug-likeness (QED) is 0.691. The van der Waals surface area contributed by atoms with Gasteiger partial charge in [0.2, 0.25) is 6.35 Å². The average molecular weight is 436 g/mol. The Labute approximate surface area is 173 Å². The molecule has 0 fully saturated rings. The number of nitrogens with zero attached hydrogens (tertiary/aromatic N) is 3. The van der Waals surface area contributed by atoms with Gasteiger partial charge in [-0.1, -0.05) is 36.4 Å². The number of hydrogen-bond acceptors (Lipinski definition) is 7. The first-order valence-electron chi connectivity index (χ1n) is 9.06. The van der Waals surface area contributed by atoms with Crippen LogP contribution in [0, 0.1) is 0 Å². The lowest BCUT2D eigenvalue weighted by Gasteiger charge is -2.26. The highest BCUT2D eigenvalue weighted by molar-refractivity contribution is 7.90. The number of aliphatic hydroxyl groups excluding tert-OH is 1. The van der Waals surface area contributed by atoms with E-state index in [1.165, 1.54) is 11.2 Å². The molecule has 7 nitrogen and oxygen atoms in total. The van der Waals surface area contributed by atoms with E-state index in [4.69, 9.17) is 5.73 Å². The Bertz CT molecular complexity index is 1050. The smallest absolute Gasteiger partial charge is 0.272 e. The van der Waals surface area contributed by atoms with Crippen molar-refractivity contribution in [2.24, 2.45) is 10.8 Å². The Kier molecular flexibility index (Phi) is 6.49. The maximum atomic E-state index is 12.8. The van der Waals surface area contributed by atoms with Crippen LogP contribution in [0.3, 0.4) is 0 Å². The van der Waals surface area contributed by atoms with E-state index in [0.29, 0.717) is 6.54 Å². The fourth-order valence-electron chi connectivity index (χ4n) is 2.97. The summed E-state index contributed by atoms with van der Waals surface area (Å²) < 4.78 is 48.7. The van der Waals surface area contributed by atoms with Gasteiger partial charge in [0.25, 0.3) is 6.08 Å². The molecule has 160 valence electrons. The Morgan fingerprint density at radius 3 is 2.17 bits per heavy atom. The molecule has 1 aliphatic heterocycles. The lowest BCUT2D eigenvalue weighted by molar-refractivity contribution is -0.0567. The summed E-state index contributed by atoms with van der Waals surface area (Å²) in [5, 5.41) is 15.4. The van der Waals surface area contributed by atoms with Crippen molar-refractivity contribution < 1.29 is 22.3 Å². The molecule has 0 amide bonds. The number of hydrazone groups is 1. The normalized spacial score (nSPS) is 16.2. The third-order valence-electron chi connectivity index (χ3n) is 4.71. The van der Waals surface area contributed by atoms with Gasteiger partial charge in [-0.2, -0.15) is 13.9 Å². The predicted molar refractivity (Wildman–Crippen MR) is 110 cm³/mol. The molecule has 1 unspecified atom stereocenters. The zero-order chi connectivity index (χ0) is 21.9. The molecular formula is C20H22F2N4O3S. The lowest BCUT2D eigenvalue weighted by Crippen LogP contribution is -2.40. The van der Waals surface area contributed by atoms with Crippen LogP contribution in [0.5, 0.6) is 0 Å². The van der Waals surface area contributed by atoms with Gasteiger partial charge in [0.1, 0.15) is 6.34 Å². The van der Waals surface area contributed by atoms with Gasteiger partial charge in [-0.15, -0.1) is 0 Å². The second kappa shape index (κ2) is 8.90. The van der Waals surface area contributed by atoms with Crippen molar-refractivity contribution in [3.8, 4) is 11.1 Å². The molecule has 1 atom stereocenters. The number of benzene rings is 2. The largest absolute Gasteiger partial charge is 0.355 e. The number of nitrogens with two attached hydrogens (primary N) is 1. The third kappa shape index (κ3) is 5.02. The standard InChI is InChI=1S/C20H22F2N4O3S/c1-30(28,29)18-8-6-16(7-9-18)15-4-2-14(3-5-15)11-25-13-24-26(20(25)27)12-17(10-23)19(21)22/h2-9,13,20,27H,10-12,23H2,1H3. The van der Waals surface area contributed by atoms with Crippen molar-refractivity contribution >= 4 is 16.2 Å². The minimum atomic E-state index is -3.24. The summed E-state index contributed by atoms with van der Waals surface area (Å²) in [5.41, 5.74) is 7.69. The summed E-state index contributed by atoms with van der Waals surface area (Å²) in [6, 6.07) is 14.1. The molecule has 3 N–H and O–H groups in total. The van der Waals surface area contributed by atoms with Gasteiger partial charge in [0, 0.05) is 24.9 Å². The second-order valence-electron chi connectivity index (χ2n) is 6.91. The lowest BCUT2D eigenvalue weighted by atomic mass is 10.0. The topological polar surface area (TPSA) is 99.2 Å². The minimum Gasteiger partial charge on any atom is -0.355 e. The van der Waals surface area contributed by atoms with Crippen LogP contribution in [0.15, 0.2) is 70.2 Å². The van der Waals surface area contributed by atoms with Gasteiger partial charge >= 0.3 is 0 Å². The summed E-state index contributed by atoms with van der Waals surface area (Å²) >= 11 is 0. The van der Waals surface area contributed by atoms with Crippen LogP contribution in [-0.2, 0) is 16.4 Å². The van der Waals surface area contributed by atoms with Crippen LogP contribution in [-0.4, -0.2) is 55.5 Å². The first kappa shape index (κ1) is 21.9. The van der Waals surface area contributed by atoms with E-state index < -0.39 is 22.3 Å². The molecule has 0 saturated heterocycles. The first-order chi connectivity index (χ1) is 14.2. The molecule has 0 spiro atoms. The Hall–Kier alpha value is -2.82. The van der Waals surface area contributed by atoms with Crippen molar-refractivity contribution in [1.29, 1.82) is 0 Å². The second-order valence-corrected chi connectivity index (χ2v) is 8.92. The fourth-order valence-corrected chi connectivity index (χ4v) is 3.60. The van der Waals surface area contributed by atoms with Gasteiger partial charge in [0.05, 0.1) is 11.4 Å². The number of rotatable bonds is 7. The van der Waals surface area contributed by atoms with Crippen molar-refractivity contribution in [3.63, 3.8) is 0 Å². The van der Waals surface area contributed by atoms with Gasteiger partial charge < -0.3 is 15.7 Å². The molecule has 2 aromatic carbocycles. The van der Waals surface area contributed by atoms with E-state index in [1.807, 2.05) is 24.3 Å². The van der Waals surface area contributed by atoms with Crippen LogP contribution >= 0.6 is 0 Å². The van der Waals surface area contributed by atoms with Crippen LogP contribution in [0.1, 0.15) is 5.56 Å². The van der Waals surface area contributed by atoms with Crippen LogP contribution in [0.4, 0.5) is 8.78 Å². The average Bonchev–Trinajstić information content (AvgIpc) is 3.05. The fraction of sp³-hybridized carbons (Fsp3) is 0.250. The highest BCUT2D eigenvalue weighted by atomic mass is 32.2. The monoisotopic (exact) mass is 436 g/mol. The minimum absolute atomic E-state index is 0.255. The van der Waals surface area contributed by atoms with E-state index in [2.05, 4.69) is 5.10 Å². The molecule has 1 heterocycles. The SMILES string of the molecule is CS(=O)(=O)c1ccc(-c2ccc(CN3C=NN(CC(CN)=C(F)F)C3O)cc2)cc1. The van der Waals surface area contributed by atoms with Crippen molar-refractivity contribution in [2.75, 3.05) is 19.3 Å². The van der Waals surface area contributed by atoms with Crippen LogP contribution in [0.25, 0.3) is 11.1 Å². The summed E-state index contributed by atoms with van der Waals surface area (Å²) in [7, 11) is -3.24. The van der Waals surface area contributed by atoms with Crippen molar-refractivity contribution in [1.82, 2.24) is 9.91 Å². The summed E-state index contributed by atoms with van der Waals surface area (Å²) in [6.45, 7) is -0.239. The highest BCUT2D eigenvalue weighted by Gasteiger charge is 2.27. The van der Waals surface area contributed by atoms with Crippen molar-refractivity contribution in [3.05, 3.63) is 65.7 Å². The third-order valence-corrected chi connectivity index (χ3v) is 5.84. The molecule has 2 aromatic rings. The number of halogens is 2. The maximum absolute atomic E-state index is 12.8. The van der Waals surface area contributed by atoms with Crippen LogP contribution < -0.4 is 5.73 Å². The molecular weight excluding hydrogens is 414 g/mol.